The average Bonchev–Trinajstić information content (AvgIpc) is 3.12. The van der Waals surface area contributed by atoms with Crippen LogP contribution < -0.4 is 17.7 Å². The maximum atomic E-state index is 15.4. The summed E-state index contributed by atoms with van der Waals surface area (Å²) in [5.41, 5.74) is 1.32. The lowest BCUT2D eigenvalue weighted by molar-refractivity contribution is 0.378. The third-order valence-corrected chi connectivity index (χ3v) is 13.1. The fourth-order valence-corrected chi connectivity index (χ4v) is 11.2. The quantitative estimate of drug-likeness (QED) is 0.0755. The van der Waals surface area contributed by atoms with Crippen LogP contribution >= 0.6 is 0 Å². The lowest BCUT2D eigenvalue weighted by Crippen LogP contribution is -2.81. The standard InChI is InChI=1S/C7H8.4C6F5.Al/c1-7-5-3-2-4-6-7;4*7-2-1-3(8)5(10)6(11)4(2)9;/h2-6H,1H3;;;;;/q;;;;;-1. The molecule has 5 rings (SSSR count). The Bertz CT molecular complexity index is 1870. The second kappa shape index (κ2) is 14.3. The Morgan fingerprint density at radius 3 is 0.538 bits per heavy atom. The lowest BCUT2D eigenvalue weighted by atomic mass is 10.2. The zero-order chi connectivity index (χ0) is 39.5. The molecule has 0 saturated carbocycles. The Morgan fingerprint density at radius 1 is 0.250 bits per heavy atom. The first-order chi connectivity index (χ1) is 24.1. The lowest BCUT2D eigenvalue weighted by Gasteiger charge is -2.42. The van der Waals surface area contributed by atoms with Crippen LogP contribution in [0.2, 0.25) is 0 Å². The summed E-state index contributed by atoms with van der Waals surface area (Å²) in [6, 6.07) is 10.3. The van der Waals surface area contributed by atoms with Crippen LogP contribution in [0.4, 0.5) is 87.8 Å². The normalized spacial score (nSPS) is 11.6. The van der Waals surface area contributed by atoms with Crippen LogP contribution in [0.1, 0.15) is 5.56 Å². The van der Waals surface area contributed by atoms with E-state index in [4.69, 9.17) is 0 Å². The van der Waals surface area contributed by atoms with Crippen LogP contribution in [0.25, 0.3) is 0 Å². The minimum absolute atomic E-state index is 1.32. The van der Waals surface area contributed by atoms with Gasteiger partial charge in [-0.15, -0.1) is 17.7 Å². The van der Waals surface area contributed by atoms with Gasteiger partial charge in [0.2, 0.25) is 0 Å². The van der Waals surface area contributed by atoms with E-state index in [9.17, 15) is 52.7 Å². The second-order valence-electron chi connectivity index (χ2n) is 10.5. The Morgan fingerprint density at radius 2 is 0.404 bits per heavy atom. The summed E-state index contributed by atoms with van der Waals surface area (Å²) in [4.78, 5) is 0. The van der Waals surface area contributed by atoms with E-state index in [-0.39, 0.29) is 0 Å². The summed E-state index contributed by atoms with van der Waals surface area (Å²) < 4.78 is 280. The van der Waals surface area contributed by atoms with Crippen molar-refractivity contribution in [3.8, 4) is 0 Å². The minimum Gasteiger partial charge on any atom is -0.208 e. The van der Waals surface area contributed by atoms with Crippen molar-refractivity contribution in [1.29, 1.82) is 0 Å². The molecule has 52 heavy (non-hydrogen) atoms. The highest BCUT2D eigenvalue weighted by molar-refractivity contribution is 7.20. The van der Waals surface area contributed by atoms with E-state index < -0.39 is 147 Å². The smallest absolute Gasteiger partial charge is 0.208 e. The maximum Gasteiger partial charge on any atom is 0.300 e. The molecule has 0 radical (unpaired) electrons. The molecule has 5 aromatic rings. The first-order valence-electron chi connectivity index (χ1n) is 13.3. The van der Waals surface area contributed by atoms with Gasteiger partial charge in [0.15, 0.2) is 69.8 Å². The number of hydrogen-bond acceptors (Lipinski definition) is 0. The average molecular weight is 787 g/mol. The number of halogens is 20. The molecule has 0 aliphatic carbocycles. The molecule has 276 valence electrons. The molecule has 0 saturated heterocycles. The first-order valence-corrected chi connectivity index (χ1v) is 15.7. The summed E-state index contributed by atoms with van der Waals surface area (Å²) in [5.74, 6) is -70.8. The van der Waals surface area contributed by atoms with Crippen molar-refractivity contribution in [2.24, 2.45) is 0 Å². The van der Waals surface area contributed by atoms with Crippen molar-refractivity contribution < 1.29 is 87.8 Å². The van der Waals surface area contributed by atoms with Crippen molar-refractivity contribution >= 4 is 30.8 Å². The van der Waals surface area contributed by atoms with Gasteiger partial charge in [0.1, 0.15) is 46.5 Å². The number of aryl methyl sites for hydroxylation is 1. The van der Waals surface area contributed by atoms with Gasteiger partial charge in [0.25, 0.3) is 0 Å². The fourth-order valence-electron chi connectivity index (χ4n) is 5.41. The zero-order valence-electron chi connectivity index (χ0n) is 24.5. The van der Waals surface area contributed by atoms with Gasteiger partial charge in [-0.05, 0) is 6.92 Å². The van der Waals surface area contributed by atoms with Crippen LogP contribution in [0.3, 0.4) is 0 Å². The summed E-state index contributed by atoms with van der Waals surface area (Å²) in [7, 11) is 0. The molecule has 0 atom stereocenters. The Hall–Kier alpha value is -4.77. The van der Waals surface area contributed by atoms with Gasteiger partial charge >= 0.3 is 13.1 Å². The molecule has 0 spiro atoms. The highest BCUT2D eigenvalue weighted by Gasteiger charge is 2.55. The van der Waals surface area contributed by atoms with E-state index in [0.717, 1.165) is 0 Å². The van der Waals surface area contributed by atoms with Crippen LogP contribution in [-0.2, 0) is 0 Å². The van der Waals surface area contributed by atoms with Crippen LogP contribution in [-0.4, -0.2) is 13.1 Å². The molecule has 0 heterocycles. The van der Waals surface area contributed by atoms with E-state index in [0.29, 0.717) is 0 Å². The van der Waals surface area contributed by atoms with Gasteiger partial charge in [-0.3, -0.25) is 0 Å². The van der Waals surface area contributed by atoms with Crippen molar-refractivity contribution in [1.82, 2.24) is 0 Å². The fraction of sp³-hybridized carbons (Fsp3) is 0.0323. The molecular weight excluding hydrogens is 779 g/mol. The molecule has 0 N–H and O–H groups in total. The molecular formula is C31H8AlF20-. The predicted octanol–water partition coefficient (Wildman–Crippen LogP) is 7.84. The number of benzene rings is 5. The molecule has 0 fully saturated rings. The van der Waals surface area contributed by atoms with Gasteiger partial charge < -0.3 is 0 Å². The topological polar surface area (TPSA) is 0 Å². The van der Waals surface area contributed by atoms with Gasteiger partial charge in [0.05, 0.1) is 0 Å². The van der Waals surface area contributed by atoms with Gasteiger partial charge in [-0.2, -0.15) is 0 Å². The number of hydrogen-bond donors (Lipinski definition) is 0. The molecule has 0 aliphatic heterocycles. The molecule has 0 aromatic heterocycles. The van der Waals surface area contributed by atoms with E-state index in [1.807, 2.05) is 18.2 Å². The van der Waals surface area contributed by atoms with Gasteiger partial charge in [-0.1, -0.05) is 35.9 Å². The molecule has 0 nitrogen and oxygen atoms in total. The molecule has 21 heteroatoms. The molecule has 0 amide bonds. The van der Waals surface area contributed by atoms with Crippen LogP contribution in [0, 0.1) is 123 Å². The van der Waals surface area contributed by atoms with Crippen molar-refractivity contribution in [3.05, 3.63) is 152 Å². The summed E-state index contributed by atoms with van der Waals surface area (Å²) in [5, 5.41) is 0. The Kier molecular flexibility index (Phi) is 11.0. The third-order valence-electron chi connectivity index (χ3n) is 7.65. The van der Waals surface area contributed by atoms with E-state index >= 15 is 35.1 Å². The van der Waals surface area contributed by atoms with E-state index in [2.05, 4.69) is 19.1 Å². The summed E-state index contributed by atoms with van der Waals surface area (Å²) in [6.45, 7) is 2.08. The maximum absolute atomic E-state index is 15.4. The first kappa shape index (κ1) is 40.0. The third kappa shape index (κ3) is 5.83. The highest BCUT2D eigenvalue weighted by atomic mass is 27.2. The predicted molar refractivity (Wildman–Crippen MR) is 140 cm³/mol. The molecule has 0 aliphatic rings. The summed E-state index contributed by atoms with van der Waals surface area (Å²) >= 11 is -9.08. The summed E-state index contributed by atoms with van der Waals surface area (Å²) in [6.07, 6.45) is 0. The zero-order valence-corrected chi connectivity index (χ0v) is 25.7. The van der Waals surface area contributed by atoms with Crippen molar-refractivity contribution in [2.45, 2.75) is 6.92 Å². The monoisotopic (exact) mass is 787 g/mol. The second-order valence-corrected chi connectivity index (χ2v) is 14.5. The van der Waals surface area contributed by atoms with Gasteiger partial charge in [-0.25, -0.2) is 87.8 Å². The van der Waals surface area contributed by atoms with E-state index in [1.54, 1.807) is 0 Å². The molecule has 0 unspecified atom stereocenters. The van der Waals surface area contributed by atoms with E-state index in [1.165, 1.54) is 5.56 Å². The minimum atomic E-state index is -9.08. The van der Waals surface area contributed by atoms with Gasteiger partial charge in [0, 0.05) is 0 Å². The highest BCUT2D eigenvalue weighted by Crippen LogP contribution is 2.30. The largest absolute Gasteiger partial charge is 0.300 e. The van der Waals surface area contributed by atoms with Crippen molar-refractivity contribution in [2.75, 3.05) is 0 Å². The van der Waals surface area contributed by atoms with Crippen LogP contribution in [0.15, 0.2) is 30.3 Å². The van der Waals surface area contributed by atoms with Crippen molar-refractivity contribution in [3.63, 3.8) is 0 Å². The number of rotatable bonds is 4. The SMILES string of the molecule is Cc1ccccc1.Fc1c(F)c(F)[c]([Al-]([c]2c(F)c(F)c(F)c(F)c2F)([c]2c(F)c(F)c(F)c(F)c2F)[c]2c(F)c(F)c(F)c(F)c2F)c(F)c1F. The molecule has 0 bridgehead atoms. The Balaban J connectivity index is 0.000000771. The van der Waals surface area contributed by atoms with Crippen LogP contribution in [0.5, 0.6) is 0 Å². The molecule has 5 aromatic carbocycles. The Labute approximate surface area is 277 Å².